The smallest absolute Gasteiger partial charge is 0.234 e. The fraction of sp³-hybridized carbons (Fsp3) is 0.969. The molecule has 35 heavy (non-hydrogen) atoms. The van der Waals surface area contributed by atoms with Gasteiger partial charge in [0.15, 0.2) is 0 Å². The Kier molecular flexibility index (Phi) is 21.0. The highest BCUT2D eigenvalue weighted by atomic mass is 16.2. The highest BCUT2D eigenvalue weighted by Gasteiger charge is 2.34. The Bertz CT molecular complexity index is 478. The van der Waals surface area contributed by atoms with Gasteiger partial charge in [0.2, 0.25) is 5.91 Å². The number of nitrogens with one attached hydrogen (secondary N) is 1. The third kappa shape index (κ3) is 20.2. The van der Waals surface area contributed by atoms with Gasteiger partial charge in [0.05, 0.1) is 6.54 Å². The van der Waals surface area contributed by atoms with Crippen LogP contribution < -0.4 is 5.32 Å². The summed E-state index contributed by atoms with van der Waals surface area (Å²) in [6.45, 7) is 5.09. The van der Waals surface area contributed by atoms with Crippen LogP contribution in [-0.2, 0) is 4.79 Å². The number of rotatable bonds is 26. The Morgan fingerprint density at radius 3 is 1.49 bits per heavy atom. The topological polar surface area (TPSA) is 32.3 Å². The van der Waals surface area contributed by atoms with Gasteiger partial charge in [0.25, 0.3) is 0 Å². The van der Waals surface area contributed by atoms with Crippen LogP contribution >= 0.6 is 0 Å². The van der Waals surface area contributed by atoms with Gasteiger partial charge in [-0.1, -0.05) is 142 Å². The molecule has 0 unspecified atom stereocenters. The summed E-state index contributed by atoms with van der Waals surface area (Å²) in [7, 11) is 3.95. The highest BCUT2D eigenvalue weighted by Crippen LogP contribution is 2.45. The van der Waals surface area contributed by atoms with E-state index in [1.54, 1.807) is 0 Å². The predicted molar refractivity (Wildman–Crippen MR) is 155 cm³/mol. The van der Waals surface area contributed by atoms with Gasteiger partial charge in [-0.15, -0.1) is 0 Å². The van der Waals surface area contributed by atoms with Gasteiger partial charge in [-0.3, -0.25) is 4.79 Å². The van der Waals surface area contributed by atoms with Gasteiger partial charge in [-0.25, -0.2) is 0 Å². The van der Waals surface area contributed by atoms with E-state index < -0.39 is 0 Å². The molecule has 1 aliphatic rings. The third-order valence-electron chi connectivity index (χ3n) is 8.11. The van der Waals surface area contributed by atoms with E-state index in [-0.39, 0.29) is 5.91 Å². The van der Waals surface area contributed by atoms with Gasteiger partial charge in [0, 0.05) is 6.04 Å². The van der Waals surface area contributed by atoms with Crippen molar-refractivity contribution >= 4 is 5.91 Å². The Morgan fingerprint density at radius 2 is 1.06 bits per heavy atom. The van der Waals surface area contributed by atoms with E-state index in [1.807, 2.05) is 19.0 Å². The largest absolute Gasteiger partial charge is 0.352 e. The SMILES string of the molecule is CCCCCCCCC[C@H](CCCCCCC[C@H]1C[C@@H]1CCCCCCCC)NC(=O)CN(C)C. The van der Waals surface area contributed by atoms with Crippen LogP contribution in [0.25, 0.3) is 0 Å². The molecule has 0 radical (unpaired) electrons. The first-order valence-electron chi connectivity index (χ1n) is 16.0. The van der Waals surface area contributed by atoms with E-state index in [0.29, 0.717) is 12.6 Å². The van der Waals surface area contributed by atoms with Crippen molar-refractivity contribution in [2.24, 2.45) is 11.8 Å². The molecular formula is C32H64N2O. The number of carbonyl (C=O) groups excluding carboxylic acids is 1. The lowest BCUT2D eigenvalue weighted by atomic mass is 9.99. The lowest BCUT2D eigenvalue weighted by molar-refractivity contribution is -0.122. The molecule has 3 atom stereocenters. The molecule has 0 spiro atoms. The maximum absolute atomic E-state index is 12.3. The summed E-state index contributed by atoms with van der Waals surface area (Å²) >= 11 is 0. The molecule has 3 heteroatoms. The first-order valence-corrected chi connectivity index (χ1v) is 16.0. The molecule has 0 aromatic heterocycles. The number of nitrogens with zero attached hydrogens (tertiary/aromatic N) is 1. The average molecular weight is 493 g/mol. The molecule has 208 valence electrons. The van der Waals surface area contributed by atoms with Gasteiger partial charge in [-0.2, -0.15) is 0 Å². The van der Waals surface area contributed by atoms with Crippen LogP contribution in [0, 0.1) is 11.8 Å². The van der Waals surface area contributed by atoms with Crippen LogP contribution in [0.15, 0.2) is 0 Å². The van der Waals surface area contributed by atoms with E-state index in [1.165, 1.54) is 135 Å². The molecule has 0 saturated heterocycles. The normalized spacial score (nSPS) is 18.2. The van der Waals surface area contributed by atoms with Crippen LogP contribution in [0.1, 0.15) is 162 Å². The van der Waals surface area contributed by atoms with Gasteiger partial charge in [-0.05, 0) is 45.2 Å². The molecule has 1 rings (SSSR count). The number of hydrogen-bond acceptors (Lipinski definition) is 2. The van der Waals surface area contributed by atoms with Crippen LogP contribution in [0.3, 0.4) is 0 Å². The van der Waals surface area contributed by atoms with E-state index in [9.17, 15) is 4.79 Å². The summed E-state index contributed by atoms with van der Waals surface area (Å²) in [5.74, 6) is 2.35. The number of unbranched alkanes of at least 4 members (excludes halogenated alkanes) is 15. The second-order valence-electron chi connectivity index (χ2n) is 12.1. The number of amides is 1. The number of carbonyl (C=O) groups is 1. The Hall–Kier alpha value is -0.570. The Labute approximate surface area is 221 Å². The molecule has 1 saturated carbocycles. The molecule has 1 amide bonds. The molecule has 0 heterocycles. The predicted octanol–water partition coefficient (Wildman–Crippen LogP) is 9.29. The standard InChI is InChI=1S/C32H64N2O/c1-5-7-9-11-13-17-21-25-31(33-32(35)28-34(3)4)26-22-18-14-16-20-24-30-27-29(30)23-19-15-12-10-8-6-2/h29-31H,5-28H2,1-4H3,(H,33,35)/t29-,30-,31+/m0/s1. The van der Waals surface area contributed by atoms with Crippen molar-refractivity contribution in [3.05, 3.63) is 0 Å². The van der Waals surface area contributed by atoms with Gasteiger partial charge in [0.1, 0.15) is 0 Å². The second-order valence-corrected chi connectivity index (χ2v) is 12.1. The maximum Gasteiger partial charge on any atom is 0.234 e. The molecule has 0 bridgehead atoms. The van der Waals surface area contributed by atoms with Crippen molar-refractivity contribution < 1.29 is 4.79 Å². The van der Waals surface area contributed by atoms with Crippen molar-refractivity contribution in [2.45, 2.75) is 168 Å². The van der Waals surface area contributed by atoms with Crippen molar-refractivity contribution in [3.63, 3.8) is 0 Å². The fourth-order valence-electron chi connectivity index (χ4n) is 5.73. The molecular weight excluding hydrogens is 428 g/mol. The van der Waals surface area contributed by atoms with Crippen molar-refractivity contribution in [1.29, 1.82) is 0 Å². The lowest BCUT2D eigenvalue weighted by Gasteiger charge is -2.20. The molecule has 1 aliphatic carbocycles. The minimum atomic E-state index is 0.197. The third-order valence-corrected chi connectivity index (χ3v) is 8.11. The summed E-state index contributed by atoms with van der Waals surface area (Å²) in [5.41, 5.74) is 0. The van der Waals surface area contributed by atoms with E-state index in [0.717, 1.165) is 24.7 Å². The van der Waals surface area contributed by atoms with Crippen molar-refractivity contribution in [3.8, 4) is 0 Å². The van der Waals surface area contributed by atoms with Crippen LogP contribution in [-0.4, -0.2) is 37.5 Å². The quantitative estimate of drug-likeness (QED) is 0.122. The first-order chi connectivity index (χ1) is 17.1. The van der Waals surface area contributed by atoms with Crippen molar-refractivity contribution in [1.82, 2.24) is 10.2 Å². The molecule has 1 fully saturated rings. The minimum absolute atomic E-state index is 0.197. The Morgan fingerprint density at radius 1 is 0.657 bits per heavy atom. The zero-order valence-electron chi connectivity index (χ0n) is 24.6. The van der Waals surface area contributed by atoms with E-state index in [2.05, 4.69) is 19.2 Å². The van der Waals surface area contributed by atoms with Gasteiger partial charge >= 0.3 is 0 Å². The van der Waals surface area contributed by atoms with Crippen LogP contribution in [0.4, 0.5) is 0 Å². The summed E-state index contributed by atoms with van der Waals surface area (Å²) in [5, 5.41) is 3.34. The highest BCUT2D eigenvalue weighted by molar-refractivity contribution is 5.78. The second kappa shape index (κ2) is 22.6. The summed E-state index contributed by atoms with van der Waals surface area (Å²) in [4.78, 5) is 14.3. The molecule has 3 nitrogen and oxygen atoms in total. The Balaban J connectivity index is 2.05. The fourth-order valence-corrected chi connectivity index (χ4v) is 5.73. The van der Waals surface area contributed by atoms with Crippen molar-refractivity contribution in [2.75, 3.05) is 20.6 Å². The zero-order chi connectivity index (χ0) is 25.6. The first kappa shape index (κ1) is 32.5. The lowest BCUT2D eigenvalue weighted by Crippen LogP contribution is -2.40. The van der Waals surface area contributed by atoms with Crippen LogP contribution in [0.2, 0.25) is 0 Å². The average Bonchev–Trinajstić information content (AvgIpc) is 3.57. The number of likely N-dealkylation sites (N-methyl/N-ethyl adjacent to an activating group) is 1. The van der Waals surface area contributed by atoms with Crippen LogP contribution in [0.5, 0.6) is 0 Å². The summed E-state index contributed by atoms with van der Waals surface area (Å²) in [6, 6.07) is 0.382. The number of hydrogen-bond donors (Lipinski definition) is 1. The monoisotopic (exact) mass is 493 g/mol. The molecule has 1 N–H and O–H groups in total. The van der Waals surface area contributed by atoms with E-state index in [4.69, 9.17) is 0 Å². The minimum Gasteiger partial charge on any atom is -0.352 e. The molecule has 0 aromatic rings. The zero-order valence-corrected chi connectivity index (χ0v) is 24.6. The van der Waals surface area contributed by atoms with Gasteiger partial charge < -0.3 is 10.2 Å². The summed E-state index contributed by atoms with van der Waals surface area (Å²) < 4.78 is 0. The summed E-state index contributed by atoms with van der Waals surface area (Å²) in [6.07, 6.45) is 31.8. The maximum atomic E-state index is 12.3. The molecule has 0 aliphatic heterocycles. The van der Waals surface area contributed by atoms with E-state index >= 15 is 0 Å². The molecule has 0 aromatic carbocycles.